The Morgan fingerprint density at radius 1 is 1.00 bits per heavy atom. The van der Waals surface area contributed by atoms with Crippen LogP contribution in [0.1, 0.15) is 35.8 Å². The van der Waals surface area contributed by atoms with E-state index < -0.39 is 0 Å². The molecule has 1 atom stereocenters. The smallest absolute Gasteiger partial charge is 0.251 e. The predicted molar refractivity (Wildman–Crippen MR) is 112 cm³/mol. The second-order valence-corrected chi connectivity index (χ2v) is 7.18. The van der Waals surface area contributed by atoms with Crippen molar-refractivity contribution >= 4 is 39.3 Å². The standard InChI is InChI=1S/C23H21ClN2O/c1-3-26-21-10-5-4-9-19(21)20-14-16(11-12-22(20)26)15(2)25-23(27)17-7-6-8-18(24)13-17/h4-15H,3H2,1-2H3,(H,25,27). The summed E-state index contributed by atoms with van der Waals surface area (Å²) in [5.41, 5.74) is 4.11. The molecule has 0 saturated carbocycles. The fraction of sp³-hybridized carbons (Fsp3) is 0.174. The Labute approximate surface area is 163 Å². The zero-order chi connectivity index (χ0) is 19.0. The fourth-order valence-electron chi connectivity index (χ4n) is 3.67. The SMILES string of the molecule is CCn1c2ccccc2c2cc(C(C)NC(=O)c3cccc(Cl)c3)ccc21. The molecule has 1 N–H and O–H groups in total. The third kappa shape index (κ3) is 3.19. The molecule has 0 aliphatic heterocycles. The number of amides is 1. The van der Waals surface area contributed by atoms with Gasteiger partial charge >= 0.3 is 0 Å². The Balaban J connectivity index is 1.69. The molecule has 0 aliphatic rings. The average Bonchev–Trinajstić information content (AvgIpc) is 3.01. The summed E-state index contributed by atoms with van der Waals surface area (Å²) >= 11 is 6.00. The number of carbonyl (C=O) groups excluding carboxylic acids is 1. The normalized spacial score (nSPS) is 12.4. The Bertz CT molecular complexity index is 1150. The highest BCUT2D eigenvalue weighted by Crippen LogP contribution is 2.31. The fourth-order valence-corrected chi connectivity index (χ4v) is 3.86. The van der Waals surface area contributed by atoms with Gasteiger partial charge in [-0.15, -0.1) is 0 Å². The van der Waals surface area contributed by atoms with Gasteiger partial charge in [0.15, 0.2) is 0 Å². The number of hydrogen-bond acceptors (Lipinski definition) is 1. The summed E-state index contributed by atoms with van der Waals surface area (Å²) in [6.07, 6.45) is 0. The van der Waals surface area contributed by atoms with Crippen LogP contribution in [-0.4, -0.2) is 10.5 Å². The molecule has 1 amide bonds. The maximum atomic E-state index is 12.5. The van der Waals surface area contributed by atoms with E-state index >= 15 is 0 Å². The van der Waals surface area contributed by atoms with E-state index in [2.05, 4.69) is 59.3 Å². The molecule has 27 heavy (non-hydrogen) atoms. The molecule has 0 fully saturated rings. The molecule has 0 radical (unpaired) electrons. The van der Waals surface area contributed by atoms with E-state index in [1.807, 2.05) is 6.92 Å². The Hall–Kier alpha value is -2.78. The van der Waals surface area contributed by atoms with Gasteiger partial charge in [0.05, 0.1) is 6.04 Å². The molecule has 3 nitrogen and oxygen atoms in total. The number of carbonyl (C=O) groups is 1. The molecule has 1 unspecified atom stereocenters. The monoisotopic (exact) mass is 376 g/mol. The lowest BCUT2D eigenvalue weighted by Crippen LogP contribution is -2.26. The van der Waals surface area contributed by atoms with Gasteiger partial charge in [-0.1, -0.05) is 41.9 Å². The molecule has 0 bridgehead atoms. The number of aryl methyl sites for hydroxylation is 1. The van der Waals surface area contributed by atoms with Crippen LogP contribution in [-0.2, 0) is 6.54 Å². The van der Waals surface area contributed by atoms with Crippen LogP contribution in [0.3, 0.4) is 0 Å². The highest BCUT2D eigenvalue weighted by Gasteiger charge is 2.15. The van der Waals surface area contributed by atoms with E-state index in [0.717, 1.165) is 12.1 Å². The number of halogens is 1. The predicted octanol–water partition coefficient (Wildman–Crippen LogP) is 5.96. The van der Waals surface area contributed by atoms with Gasteiger partial charge in [-0.3, -0.25) is 4.79 Å². The van der Waals surface area contributed by atoms with Gasteiger partial charge in [0.2, 0.25) is 0 Å². The molecule has 0 spiro atoms. The minimum atomic E-state index is -0.124. The maximum Gasteiger partial charge on any atom is 0.251 e. The number of para-hydroxylation sites is 1. The zero-order valence-corrected chi connectivity index (χ0v) is 16.1. The second-order valence-electron chi connectivity index (χ2n) is 6.74. The van der Waals surface area contributed by atoms with Crippen molar-refractivity contribution in [2.45, 2.75) is 26.4 Å². The molecule has 3 aromatic carbocycles. The highest BCUT2D eigenvalue weighted by molar-refractivity contribution is 6.31. The summed E-state index contributed by atoms with van der Waals surface area (Å²) in [4.78, 5) is 12.5. The third-order valence-corrected chi connectivity index (χ3v) is 5.28. The van der Waals surface area contributed by atoms with Crippen LogP contribution in [0.25, 0.3) is 21.8 Å². The van der Waals surface area contributed by atoms with E-state index in [4.69, 9.17) is 11.6 Å². The summed E-state index contributed by atoms with van der Waals surface area (Å²) < 4.78 is 2.32. The van der Waals surface area contributed by atoms with E-state index in [1.54, 1.807) is 24.3 Å². The Kier molecular flexibility index (Phi) is 4.63. The van der Waals surface area contributed by atoms with Gasteiger partial charge in [0, 0.05) is 38.9 Å². The quantitative estimate of drug-likeness (QED) is 0.468. The van der Waals surface area contributed by atoms with Crippen LogP contribution in [0.4, 0.5) is 0 Å². The van der Waals surface area contributed by atoms with E-state index in [1.165, 1.54) is 21.8 Å². The van der Waals surface area contributed by atoms with Crippen molar-refractivity contribution in [3.8, 4) is 0 Å². The summed E-state index contributed by atoms with van der Waals surface area (Å²) in [5, 5.41) is 6.09. The van der Waals surface area contributed by atoms with Crippen molar-refractivity contribution in [2.24, 2.45) is 0 Å². The van der Waals surface area contributed by atoms with Crippen LogP contribution in [0.15, 0.2) is 66.7 Å². The van der Waals surface area contributed by atoms with E-state index in [9.17, 15) is 4.79 Å². The van der Waals surface area contributed by atoms with Crippen molar-refractivity contribution in [3.05, 3.63) is 82.9 Å². The molecule has 136 valence electrons. The highest BCUT2D eigenvalue weighted by atomic mass is 35.5. The van der Waals surface area contributed by atoms with E-state index in [0.29, 0.717) is 10.6 Å². The summed E-state index contributed by atoms with van der Waals surface area (Å²) in [5.74, 6) is -0.124. The van der Waals surface area contributed by atoms with Crippen molar-refractivity contribution in [1.29, 1.82) is 0 Å². The molecule has 4 rings (SSSR count). The van der Waals surface area contributed by atoms with Gasteiger partial charge in [-0.05, 0) is 55.8 Å². The molecular weight excluding hydrogens is 356 g/mol. The first-order valence-electron chi connectivity index (χ1n) is 9.16. The van der Waals surface area contributed by atoms with Gasteiger partial charge < -0.3 is 9.88 Å². The minimum absolute atomic E-state index is 0.107. The van der Waals surface area contributed by atoms with Gasteiger partial charge in [0.1, 0.15) is 0 Å². The first-order chi connectivity index (χ1) is 13.1. The molecular formula is C23H21ClN2O. The molecule has 1 heterocycles. The average molecular weight is 377 g/mol. The molecule has 1 aromatic heterocycles. The first kappa shape index (κ1) is 17.6. The van der Waals surface area contributed by atoms with Crippen molar-refractivity contribution in [1.82, 2.24) is 9.88 Å². The van der Waals surface area contributed by atoms with Crippen LogP contribution in [0.5, 0.6) is 0 Å². The third-order valence-electron chi connectivity index (χ3n) is 5.05. The van der Waals surface area contributed by atoms with Crippen molar-refractivity contribution in [3.63, 3.8) is 0 Å². The topological polar surface area (TPSA) is 34.0 Å². The zero-order valence-electron chi connectivity index (χ0n) is 15.4. The Morgan fingerprint density at radius 2 is 1.78 bits per heavy atom. The number of benzene rings is 3. The lowest BCUT2D eigenvalue weighted by molar-refractivity contribution is 0.0940. The van der Waals surface area contributed by atoms with Gasteiger partial charge in [-0.2, -0.15) is 0 Å². The summed E-state index contributed by atoms with van der Waals surface area (Å²) in [7, 11) is 0. The number of fused-ring (bicyclic) bond motifs is 3. The first-order valence-corrected chi connectivity index (χ1v) is 9.53. The molecule has 4 heteroatoms. The second kappa shape index (κ2) is 7.09. The van der Waals surface area contributed by atoms with Gasteiger partial charge in [0.25, 0.3) is 5.91 Å². The van der Waals surface area contributed by atoms with Gasteiger partial charge in [-0.25, -0.2) is 0 Å². The molecule has 0 saturated heterocycles. The summed E-state index contributed by atoms with van der Waals surface area (Å²) in [6, 6.07) is 21.8. The van der Waals surface area contributed by atoms with Crippen molar-refractivity contribution in [2.75, 3.05) is 0 Å². The largest absolute Gasteiger partial charge is 0.346 e. The van der Waals surface area contributed by atoms with Crippen molar-refractivity contribution < 1.29 is 4.79 Å². The molecule has 4 aromatic rings. The molecule has 0 aliphatic carbocycles. The maximum absolute atomic E-state index is 12.5. The number of nitrogens with zero attached hydrogens (tertiary/aromatic N) is 1. The summed E-state index contributed by atoms with van der Waals surface area (Å²) in [6.45, 7) is 5.08. The van der Waals surface area contributed by atoms with Crippen LogP contribution in [0, 0.1) is 0 Å². The van der Waals surface area contributed by atoms with Crippen LogP contribution >= 0.6 is 11.6 Å². The van der Waals surface area contributed by atoms with Crippen LogP contribution < -0.4 is 5.32 Å². The lowest BCUT2D eigenvalue weighted by Gasteiger charge is -2.15. The lowest BCUT2D eigenvalue weighted by atomic mass is 10.0. The Morgan fingerprint density at radius 3 is 2.56 bits per heavy atom. The number of nitrogens with one attached hydrogen (secondary N) is 1. The van der Waals surface area contributed by atoms with Crippen LogP contribution in [0.2, 0.25) is 5.02 Å². The number of hydrogen-bond donors (Lipinski definition) is 1. The van der Waals surface area contributed by atoms with E-state index in [-0.39, 0.29) is 11.9 Å². The number of aromatic nitrogens is 1. The minimum Gasteiger partial charge on any atom is -0.346 e. The number of rotatable bonds is 4.